The summed E-state index contributed by atoms with van der Waals surface area (Å²) in [4.78, 5) is 9.67. The molecule has 0 spiro atoms. The number of ether oxygens (including phenoxy) is 1. The smallest absolute Gasteiger partial charge is 0.198 e. The molecule has 2 aromatic carbocycles. The largest absolute Gasteiger partial charge is 0.494 e. The Bertz CT molecular complexity index is 978. The summed E-state index contributed by atoms with van der Waals surface area (Å²) in [5.74, 6) is -0.372. The lowest BCUT2D eigenvalue weighted by Crippen LogP contribution is -2.37. The molecule has 4 rings (SSSR count). The Morgan fingerprint density at radius 1 is 1.17 bits per heavy atom. The van der Waals surface area contributed by atoms with Gasteiger partial charge in [0, 0.05) is 42.4 Å². The van der Waals surface area contributed by atoms with Crippen LogP contribution in [0, 0.1) is 5.82 Å². The van der Waals surface area contributed by atoms with E-state index < -0.39 is 0 Å². The zero-order valence-corrected chi connectivity index (χ0v) is 16.2. The second-order valence-electron chi connectivity index (χ2n) is 7.12. The molecule has 6 nitrogen and oxygen atoms in total. The van der Waals surface area contributed by atoms with Gasteiger partial charge in [-0.25, -0.2) is 4.39 Å². The molecule has 0 atom stereocenters. The zero-order chi connectivity index (χ0) is 20.1. The molecule has 0 bridgehead atoms. The number of hydrogen-bond donors (Lipinski definition) is 3. The topological polar surface area (TPSA) is 72.9 Å². The SMILES string of the molecule is Oc1[nH]c2ccc(F)cc2c1C=Nc1ccc(NCCCN2CCOCC2)cc1. The average Bonchev–Trinajstić information content (AvgIpc) is 3.05. The molecule has 152 valence electrons. The molecule has 1 saturated heterocycles. The van der Waals surface area contributed by atoms with E-state index in [1.54, 1.807) is 12.3 Å². The van der Waals surface area contributed by atoms with Crippen molar-refractivity contribution in [3.8, 4) is 5.88 Å². The lowest BCUT2D eigenvalue weighted by Gasteiger charge is -2.26. The maximum atomic E-state index is 13.5. The Morgan fingerprint density at radius 2 is 1.97 bits per heavy atom. The van der Waals surface area contributed by atoms with E-state index in [1.165, 1.54) is 12.1 Å². The fourth-order valence-electron chi connectivity index (χ4n) is 3.47. The van der Waals surface area contributed by atoms with Gasteiger partial charge in [0.05, 0.1) is 24.5 Å². The summed E-state index contributed by atoms with van der Waals surface area (Å²) in [6.45, 7) is 5.69. The molecule has 0 aliphatic carbocycles. The van der Waals surface area contributed by atoms with E-state index in [1.807, 2.05) is 24.3 Å². The molecule has 1 aromatic heterocycles. The highest BCUT2D eigenvalue weighted by Gasteiger charge is 2.10. The van der Waals surface area contributed by atoms with Crippen molar-refractivity contribution in [3.63, 3.8) is 0 Å². The van der Waals surface area contributed by atoms with Crippen LogP contribution in [0.4, 0.5) is 15.8 Å². The second kappa shape index (κ2) is 9.07. The highest BCUT2D eigenvalue weighted by atomic mass is 19.1. The summed E-state index contributed by atoms with van der Waals surface area (Å²) in [6.07, 6.45) is 2.63. The Kier molecular flexibility index (Phi) is 6.07. The average molecular weight is 396 g/mol. The van der Waals surface area contributed by atoms with Crippen molar-refractivity contribution in [2.24, 2.45) is 4.99 Å². The Hall–Kier alpha value is -2.90. The third-order valence-corrected chi connectivity index (χ3v) is 5.07. The van der Waals surface area contributed by atoms with Gasteiger partial charge >= 0.3 is 0 Å². The number of aromatic amines is 1. The van der Waals surface area contributed by atoms with Gasteiger partial charge in [-0.15, -0.1) is 0 Å². The van der Waals surface area contributed by atoms with Crippen LogP contribution in [0.2, 0.25) is 0 Å². The summed E-state index contributed by atoms with van der Waals surface area (Å²) < 4.78 is 18.9. The number of H-pyrrole nitrogens is 1. The van der Waals surface area contributed by atoms with Crippen molar-refractivity contribution < 1.29 is 14.2 Å². The van der Waals surface area contributed by atoms with Crippen LogP contribution < -0.4 is 5.32 Å². The summed E-state index contributed by atoms with van der Waals surface area (Å²) in [7, 11) is 0. The Morgan fingerprint density at radius 3 is 2.76 bits per heavy atom. The van der Waals surface area contributed by atoms with E-state index in [0.29, 0.717) is 16.5 Å². The van der Waals surface area contributed by atoms with E-state index in [4.69, 9.17) is 4.74 Å². The number of fused-ring (bicyclic) bond motifs is 1. The van der Waals surface area contributed by atoms with E-state index >= 15 is 0 Å². The molecule has 3 aromatic rings. The molecule has 7 heteroatoms. The lowest BCUT2D eigenvalue weighted by molar-refractivity contribution is 0.0378. The Balaban J connectivity index is 1.32. The van der Waals surface area contributed by atoms with Crippen molar-refractivity contribution in [1.29, 1.82) is 0 Å². The predicted molar refractivity (Wildman–Crippen MR) is 114 cm³/mol. The molecule has 1 fully saturated rings. The lowest BCUT2D eigenvalue weighted by atomic mass is 10.2. The number of hydrogen-bond acceptors (Lipinski definition) is 5. The number of aromatic nitrogens is 1. The first-order valence-corrected chi connectivity index (χ1v) is 9.87. The minimum Gasteiger partial charge on any atom is -0.494 e. The van der Waals surface area contributed by atoms with Crippen molar-refractivity contribution in [2.45, 2.75) is 6.42 Å². The fraction of sp³-hybridized carbons (Fsp3) is 0.318. The van der Waals surface area contributed by atoms with Crippen molar-refractivity contribution in [2.75, 3.05) is 44.7 Å². The molecule has 2 heterocycles. The van der Waals surface area contributed by atoms with Gasteiger partial charge in [-0.3, -0.25) is 9.89 Å². The minimum atomic E-state index is -0.352. The zero-order valence-electron chi connectivity index (χ0n) is 16.2. The minimum absolute atomic E-state index is 0.0205. The summed E-state index contributed by atoms with van der Waals surface area (Å²) >= 11 is 0. The summed E-state index contributed by atoms with van der Waals surface area (Å²) in [5, 5.41) is 14.1. The first-order chi connectivity index (χ1) is 14.2. The van der Waals surface area contributed by atoms with Crippen molar-refractivity contribution in [3.05, 3.63) is 53.8 Å². The number of nitrogens with zero attached hydrogens (tertiary/aromatic N) is 2. The monoisotopic (exact) mass is 396 g/mol. The molecular formula is C22H25FN4O2. The summed E-state index contributed by atoms with van der Waals surface area (Å²) in [6, 6.07) is 12.1. The maximum absolute atomic E-state index is 13.5. The quantitative estimate of drug-likeness (QED) is 0.418. The predicted octanol–water partition coefficient (Wildman–Crippen LogP) is 3.90. The van der Waals surface area contributed by atoms with Crippen LogP contribution in [-0.4, -0.2) is 60.6 Å². The molecule has 29 heavy (non-hydrogen) atoms. The first kappa shape index (κ1) is 19.4. The molecule has 0 amide bonds. The van der Waals surface area contributed by atoms with Crippen molar-refractivity contribution in [1.82, 2.24) is 9.88 Å². The van der Waals surface area contributed by atoms with E-state index in [0.717, 1.165) is 57.2 Å². The summed E-state index contributed by atoms with van der Waals surface area (Å²) in [5.41, 5.74) is 2.95. The molecule has 0 saturated carbocycles. The van der Waals surface area contributed by atoms with Crippen LogP contribution in [0.15, 0.2) is 47.5 Å². The van der Waals surface area contributed by atoms with Gasteiger partial charge < -0.3 is 20.1 Å². The molecular weight excluding hydrogens is 371 g/mol. The molecule has 3 N–H and O–H groups in total. The van der Waals surface area contributed by atoms with Crippen LogP contribution >= 0.6 is 0 Å². The second-order valence-corrected chi connectivity index (χ2v) is 7.12. The van der Waals surface area contributed by atoms with Gasteiger partial charge in [0.2, 0.25) is 0 Å². The van der Waals surface area contributed by atoms with Gasteiger partial charge in [0.15, 0.2) is 5.88 Å². The fourth-order valence-corrected chi connectivity index (χ4v) is 3.47. The number of aromatic hydroxyl groups is 1. The number of rotatable bonds is 7. The van der Waals surface area contributed by atoms with Crippen LogP contribution in [0.3, 0.4) is 0 Å². The number of benzene rings is 2. The van der Waals surface area contributed by atoms with Crippen molar-refractivity contribution >= 4 is 28.5 Å². The maximum Gasteiger partial charge on any atom is 0.198 e. The van der Waals surface area contributed by atoms with Crippen LogP contribution in [0.25, 0.3) is 10.9 Å². The van der Waals surface area contributed by atoms with Crippen LogP contribution in [0.5, 0.6) is 5.88 Å². The van der Waals surface area contributed by atoms with E-state index in [-0.39, 0.29) is 11.7 Å². The highest BCUT2D eigenvalue weighted by Crippen LogP contribution is 2.27. The third-order valence-electron chi connectivity index (χ3n) is 5.07. The van der Waals surface area contributed by atoms with Crippen LogP contribution in [-0.2, 0) is 4.74 Å². The van der Waals surface area contributed by atoms with Gasteiger partial charge in [0.25, 0.3) is 0 Å². The number of nitrogens with one attached hydrogen (secondary N) is 2. The molecule has 0 radical (unpaired) electrons. The number of aliphatic imine (C=N–C) groups is 1. The van der Waals surface area contributed by atoms with Gasteiger partial charge in [-0.2, -0.15) is 0 Å². The number of anilines is 1. The number of halogens is 1. The first-order valence-electron chi connectivity index (χ1n) is 9.87. The normalized spacial score (nSPS) is 15.3. The highest BCUT2D eigenvalue weighted by molar-refractivity contribution is 6.02. The Labute approximate surface area is 169 Å². The van der Waals surface area contributed by atoms with Gasteiger partial charge in [-0.1, -0.05) is 0 Å². The molecule has 0 unspecified atom stereocenters. The van der Waals surface area contributed by atoms with Gasteiger partial charge in [-0.05, 0) is 55.4 Å². The standard InChI is InChI=1S/C22H25FN4O2/c23-16-2-7-21-19(14-16)20(22(28)26-21)15-25-18-5-3-17(4-6-18)24-8-1-9-27-10-12-29-13-11-27/h2-7,14-15,24,26,28H,1,8-13H2. The van der Waals surface area contributed by atoms with E-state index in [2.05, 4.69) is 20.2 Å². The molecule has 1 aliphatic heterocycles. The third kappa shape index (κ3) is 4.93. The van der Waals surface area contributed by atoms with E-state index in [9.17, 15) is 9.50 Å². The van der Waals surface area contributed by atoms with Gasteiger partial charge in [0.1, 0.15) is 5.82 Å². The number of morpholine rings is 1. The van der Waals surface area contributed by atoms with Crippen LogP contribution in [0.1, 0.15) is 12.0 Å². The molecule has 1 aliphatic rings.